The summed E-state index contributed by atoms with van der Waals surface area (Å²) >= 11 is 0. The van der Waals surface area contributed by atoms with Gasteiger partial charge in [0.05, 0.1) is 12.0 Å². The summed E-state index contributed by atoms with van der Waals surface area (Å²) in [6.45, 7) is 5.02. The second-order valence-corrected chi connectivity index (χ2v) is 8.47. The Morgan fingerprint density at radius 2 is 1.83 bits per heavy atom. The van der Waals surface area contributed by atoms with E-state index in [4.69, 9.17) is 4.84 Å². The van der Waals surface area contributed by atoms with Gasteiger partial charge in [0.25, 0.3) is 15.9 Å². The zero-order chi connectivity index (χ0) is 17.9. The average molecular weight is 354 g/mol. The summed E-state index contributed by atoms with van der Waals surface area (Å²) < 4.78 is 25.2. The predicted molar refractivity (Wildman–Crippen MR) is 91.9 cm³/mol. The Balaban J connectivity index is 2.15. The first kappa shape index (κ1) is 18.9. The van der Waals surface area contributed by atoms with E-state index >= 15 is 0 Å². The van der Waals surface area contributed by atoms with Crippen LogP contribution in [0.2, 0.25) is 0 Å². The third-order valence-corrected chi connectivity index (χ3v) is 5.88. The molecule has 1 amide bonds. The van der Waals surface area contributed by atoms with Gasteiger partial charge in [0.15, 0.2) is 0 Å². The van der Waals surface area contributed by atoms with E-state index in [9.17, 15) is 13.2 Å². The largest absolute Gasteiger partial charge is 0.336 e. The van der Waals surface area contributed by atoms with E-state index in [1.54, 1.807) is 12.1 Å². The molecule has 0 spiro atoms. The van der Waals surface area contributed by atoms with Crippen molar-refractivity contribution in [2.75, 3.05) is 20.7 Å². The second-order valence-electron chi connectivity index (χ2n) is 6.53. The zero-order valence-corrected chi connectivity index (χ0v) is 15.5. The lowest BCUT2D eigenvalue weighted by Gasteiger charge is -2.23. The van der Waals surface area contributed by atoms with Gasteiger partial charge in [-0.3, -0.25) is 9.63 Å². The van der Waals surface area contributed by atoms with E-state index in [1.807, 2.05) is 4.90 Å². The van der Waals surface area contributed by atoms with E-state index in [1.165, 1.54) is 26.3 Å². The van der Waals surface area contributed by atoms with Gasteiger partial charge < -0.3 is 4.90 Å². The van der Waals surface area contributed by atoms with Crippen LogP contribution < -0.4 is 0 Å². The summed E-state index contributed by atoms with van der Waals surface area (Å²) in [6, 6.07) is 6.38. The van der Waals surface area contributed by atoms with Crippen molar-refractivity contribution < 1.29 is 18.0 Å². The number of hydrogen-bond donors (Lipinski definition) is 0. The molecular weight excluding hydrogens is 328 g/mol. The molecule has 0 saturated heterocycles. The van der Waals surface area contributed by atoms with Gasteiger partial charge in [-0.25, -0.2) is 8.42 Å². The van der Waals surface area contributed by atoms with Crippen LogP contribution in [0.1, 0.15) is 43.5 Å². The lowest BCUT2D eigenvalue weighted by Crippen LogP contribution is -2.34. The van der Waals surface area contributed by atoms with Crippen molar-refractivity contribution in [3.8, 4) is 0 Å². The lowest BCUT2D eigenvalue weighted by molar-refractivity contribution is -0.0258. The molecule has 0 aromatic heterocycles. The maximum Gasteiger partial charge on any atom is 0.264 e. The van der Waals surface area contributed by atoms with Crippen LogP contribution in [-0.2, 0) is 14.9 Å². The van der Waals surface area contributed by atoms with E-state index < -0.39 is 10.0 Å². The highest BCUT2D eigenvalue weighted by molar-refractivity contribution is 7.89. The van der Waals surface area contributed by atoms with Crippen LogP contribution in [0.3, 0.4) is 0 Å². The van der Waals surface area contributed by atoms with Crippen molar-refractivity contribution in [2.24, 2.45) is 5.92 Å². The molecular formula is C17H26N2O4S. The van der Waals surface area contributed by atoms with E-state index in [2.05, 4.69) is 13.8 Å². The predicted octanol–water partition coefficient (Wildman–Crippen LogP) is 2.52. The molecule has 2 rings (SSSR count). The molecule has 1 aliphatic rings. The van der Waals surface area contributed by atoms with Crippen molar-refractivity contribution in [3.05, 3.63) is 29.8 Å². The highest BCUT2D eigenvalue weighted by Gasteiger charge is 2.33. The van der Waals surface area contributed by atoms with Gasteiger partial charge in [0.1, 0.15) is 0 Å². The molecule has 0 aliphatic heterocycles. The van der Waals surface area contributed by atoms with Crippen LogP contribution in [0.5, 0.6) is 0 Å². The molecule has 0 unspecified atom stereocenters. The minimum Gasteiger partial charge on any atom is -0.336 e. The van der Waals surface area contributed by atoms with Crippen molar-refractivity contribution >= 4 is 15.9 Å². The number of sulfonamides is 1. The van der Waals surface area contributed by atoms with Gasteiger partial charge in [-0.1, -0.05) is 18.3 Å². The first-order chi connectivity index (χ1) is 11.3. The molecule has 1 saturated carbocycles. The summed E-state index contributed by atoms with van der Waals surface area (Å²) in [5.41, 5.74) is 0.518. The number of carbonyl (C=O) groups is 1. The molecule has 0 radical (unpaired) electrons. The summed E-state index contributed by atoms with van der Waals surface area (Å²) in [4.78, 5) is 19.5. The van der Waals surface area contributed by atoms with Crippen LogP contribution in [0.4, 0.5) is 0 Å². The molecule has 1 aromatic rings. The van der Waals surface area contributed by atoms with Gasteiger partial charge in [0.2, 0.25) is 0 Å². The molecule has 0 N–H and O–H groups in total. The van der Waals surface area contributed by atoms with E-state index in [-0.39, 0.29) is 10.8 Å². The molecule has 1 aliphatic carbocycles. The molecule has 134 valence electrons. The van der Waals surface area contributed by atoms with Crippen LogP contribution in [-0.4, -0.2) is 50.4 Å². The molecule has 0 heterocycles. The van der Waals surface area contributed by atoms with Crippen LogP contribution in [0, 0.1) is 5.92 Å². The van der Waals surface area contributed by atoms with E-state index in [0.717, 1.165) is 30.3 Å². The average Bonchev–Trinajstić information content (AvgIpc) is 3.38. The fraction of sp³-hybridized carbons (Fsp3) is 0.588. The lowest BCUT2D eigenvalue weighted by atomic mass is 10.1. The molecule has 0 bridgehead atoms. The molecule has 1 fully saturated rings. The summed E-state index contributed by atoms with van der Waals surface area (Å²) in [7, 11) is -1.07. The Bertz CT molecular complexity index is 666. The Kier molecular flexibility index (Phi) is 6.01. The summed E-state index contributed by atoms with van der Waals surface area (Å²) in [5, 5.41) is 0. The number of carbonyl (C=O) groups excluding carboxylic acids is 1. The quantitative estimate of drug-likeness (QED) is 0.673. The third-order valence-electron chi connectivity index (χ3n) is 4.19. The fourth-order valence-corrected chi connectivity index (χ4v) is 3.39. The van der Waals surface area contributed by atoms with Gasteiger partial charge in [0, 0.05) is 25.2 Å². The molecule has 1 aromatic carbocycles. The normalized spacial score (nSPS) is 15.1. The number of nitrogens with zero attached hydrogens (tertiary/aromatic N) is 2. The molecule has 0 atom stereocenters. The van der Waals surface area contributed by atoms with Crippen LogP contribution in [0.15, 0.2) is 29.2 Å². The Morgan fingerprint density at radius 3 is 2.29 bits per heavy atom. The van der Waals surface area contributed by atoms with Crippen molar-refractivity contribution in [1.29, 1.82) is 0 Å². The number of amides is 1. The summed E-state index contributed by atoms with van der Waals surface area (Å²) in [5.74, 6) is 0.512. The van der Waals surface area contributed by atoms with Gasteiger partial charge in [-0.05, 0) is 49.4 Å². The van der Waals surface area contributed by atoms with Crippen molar-refractivity contribution in [2.45, 2.75) is 44.0 Å². The zero-order valence-electron chi connectivity index (χ0n) is 14.7. The van der Waals surface area contributed by atoms with Crippen LogP contribution >= 0.6 is 0 Å². The molecule has 7 heteroatoms. The Hall–Kier alpha value is -1.44. The smallest absolute Gasteiger partial charge is 0.264 e. The summed E-state index contributed by atoms with van der Waals surface area (Å²) in [6.07, 6.45) is 3.07. The maximum absolute atomic E-state index is 12.7. The topological polar surface area (TPSA) is 66.9 Å². The minimum atomic E-state index is -3.69. The molecule has 24 heavy (non-hydrogen) atoms. The number of rotatable bonds is 8. The highest BCUT2D eigenvalue weighted by atomic mass is 32.2. The Morgan fingerprint density at radius 1 is 1.25 bits per heavy atom. The van der Waals surface area contributed by atoms with Gasteiger partial charge in [-0.2, -0.15) is 0 Å². The minimum absolute atomic E-state index is 0.0257. The molecule has 6 nitrogen and oxygen atoms in total. The number of benzene rings is 1. The highest BCUT2D eigenvalue weighted by Crippen LogP contribution is 2.29. The van der Waals surface area contributed by atoms with E-state index in [0.29, 0.717) is 17.5 Å². The van der Waals surface area contributed by atoms with Gasteiger partial charge >= 0.3 is 0 Å². The first-order valence-corrected chi connectivity index (χ1v) is 9.65. The third kappa shape index (κ3) is 4.34. The van der Waals surface area contributed by atoms with Crippen molar-refractivity contribution in [3.63, 3.8) is 0 Å². The SMILES string of the molecule is CON(C)S(=O)(=O)c1ccc(C(=O)N(CCC(C)C)C2CC2)cc1. The monoisotopic (exact) mass is 354 g/mol. The van der Waals surface area contributed by atoms with Crippen molar-refractivity contribution in [1.82, 2.24) is 9.37 Å². The van der Waals surface area contributed by atoms with Gasteiger partial charge in [-0.15, -0.1) is 0 Å². The number of hydroxylamine groups is 1. The Labute approximate surface area is 144 Å². The van der Waals surface area contributed by atoms with Crippen LogP contribution in [0.25, 0.3) is 0 Å². The standard InChI is InChI=1S/C17H26N2O4S/c1-13(2)11-12-19(15-7-8-15)17(20)14-5-9-16(10-6-14)24(21,22)18(3)23-4/h5-6,9-10,13,15H,7-8,11-12H2,1-4H3. The number of hydrogen-bond acceptors (Lipinski definition) is 4. The fourth-order valence-electron chi connectivity index (χ4n) is 2.42. The first-order valence-electron chi connectivity index (χ1n) is 8.21. The maximum atomic E-state index is 12.7. The second kappa shape index (κ2) is 7.63.